The molecule has 0 radical (unpaired) electrons. The molecule has 2 aromatic carbocycles. The van der Waals surface area contributed by atoms with Gasteiger partial charge < -0.3 is 21.1 Å². The van der Waals surface area contributed by atoms with Crippen LogP contribution in [0, 0.1) is 5.92 Å². The lowest BCUT2D eigenvalue weighted by atomic mass is 10.0. The van der Waals surface area contributed by atoms with Gasteiger partial charge in [0.15, 0.2) is 8.46 Å². The van der Waals surface area contributed by atoms with Gasteiger partial charge in [-0.3, -0.25) is 14.2 Å². The molecule has 0 spiro atoms. The number of hydrogen-bond acceptors (Lipinski definition) is 5. The molecule has 0 heterocycles. The zero-order valence-electron chi connectivity index (χ0n) is 18.0. The van der Waals surface area contributed by atoms with Crippen molar-refractivity contribution in [2.24, 2.45) is 5.92 Å². The third-order valence-electron chi connectivity index (χ3n) is 4.98. The SMILES string of the molecule is CNC(C(=O)NC(Cc1ccccc1)C(=O)NC(Cc1ccc(O)cc1)P=O)C(C)C. The molecular formula is C23H30N3O4P. The van der Waals surface area contributed by atoms with Crippen molar-refractivity contribution in [3.8, 4) is 5.75 Å². The fraction of sp³-hybridized carbons (Fsp3) is 0.391. The highest BCUT2D eigenvalue weighted by atomic mass is 31.1. The maximum atomic E-state index is 13.0. The van der Waals surface area contributed by atoms with Crippen molar-refractivity contribution < 1.29 is 19.3 Å². The van der Waals surface area contributed by atoms with Gasteiger partial charge in [-0.15, -0.1) is 0 Å². The molecule has 3 unspecified atom stereocenters. The van der Waals surface area contributed by atoms with Gasteiger partial charge in [-0.05, 0) is 36.2 Å². The van der Waals surface area contributed by atoms with Gasteiger partial charge in [0.2, 0.25) is 11.8 Å². The predicted octanol–water partition coefficient (Wildman–Crippen LogP) is 2.64. The summed E-state index contributed by atoms with van der Waals surface area (Å²) in [4.78, 5) is 25.8. The van der Waals surface area contributed by atoms with Gasteiger partial charge in [0.05, 0.1) is 6.04 Å². The van der Waals surface area contributed by atoms with Crippen molar-refractivity contribution >= 4 is 20.3 Å². The van der Waals surface area contributed by atoms with Crippen LogP contribution in [-0.2, 0) is 27.0 Å². The molecule has 4 N–H and O–H groups in total. The van der Waals surface area contributed by atoms with E-state index >= 15 is 0 Å². The van der Waals surface area contributed by atoms with Crippen molar-refractivity contribution in [2.45, 2.75) is 44.6 Å². The second-order valence-electron chi connectivity index (χ2n) is 7.76. The maximum absolute atomic E-state index is 13.0. The summed E-state index contributed by atoms with van der Waals surface area (Å²) in [6, 6.07) is 14.7. The zero-order valence-corrected chi connectivity index (χ0v) is 18.9. The Hall–Kier alpha value is -2.76. The monoisotopic (exact) mass is 443 g/mol. The number of amides is 2. The van der Waals surface area contributed by atoms with Crippen LogP contribution in [0.1, 0.15) is 25.0 Å². The average Bonchev–Trinajstić information content (AvgIpc) is 2.75. The number of carbonyl (C=O) groups excluding carboxylic acids is 2. The normalized spacial score (nSPS) is 14.1. The highest BCUT2D eigenvalue weighted by molar-refractivity contribution is 7.24. The number of carbonyl (C=O) groups is 2. The van der Waals surface area contributed by atoms with Crippen molar-refractivity contribution in [2.75, 3.05) is 7.05 Å². The first kappa shape index (κ1) is 24.5. The van der Waals surface area contributed by atoms with E-state index in [1.165, 1.54) is 12.1 Å². The smallest absolute Gasteiger partial charge is 0.243 e. The van der Waals surface area contributed by atoms with Crippen LogP contribution < -0.4 is 16.0 Å². The summed E-state index contributed by atoms with van der Waals surface area (Å²) in [6.07, 6.45) is 0.642. The number of phenols is 1. The van der Waals surface area contributed by atoms with E-state index in [1.54, 1.807) is 19.2 Å². The summed E-state index contributed by atoms with van der Waals surface area (Å²) in [5.74, 6) is -1.13. The lowest BCUT2D eigenvalue weighted by Gasteiger charge is -2.25. The zero-order chi connectivity index (χ0) is 22.8. The molecule has 2 aromatic rings. The van der Waals surface area contributed by atoms with Crippen LogP contribution in [0.4, 0.5) is 0 Å². The second kappa shape index (κ2) is 12.2. The van der Waals surface area contributed by atoms with Gasteiger partial charge in [0.1, 0.15) is 17.6 Å². The summed E-state index contributed by atoms with van der Waals surface area (Å²) in [6.45, 7) is 3.86. The molecule has 7 nitrogen and oxygen atoms in total. The molecule has 0 fully saturated rings. The fourth-order valence-electron chi connectivity index (χ4n) is 3.32. The first-order chi connectivity index (χ1) is 14.8. The van der Waals surface area contributed by atoms with Crippen molar-refractivity contribution in [3.63, 3.8) is 0 Å². The van der Waals surface area contributed by atoms with Gasteiger partial charge in [0.25, 0.3) is 0 Å². The Bertz CT molecular complexity index is 859. The minimum Gasteiger partial charge on any atom is -0.508 e. The molecule has 2 amide bonds. The summed E-state index contributed by atoms with van der Waals surface area (Å²) in [5, 5.41) is 18.0. The summed E-state index contributed by atoms with van der Waals surface area (Å²) >= 11 is 0. The molecule has 2 rings (SSSR count). The van der Waals surface area contributed by atoms with E-state index in [9.17, 15) is 19.3 Å². The Morgan fingerprint density at radius 2 is 1.52 bits per heavy atom. The third kappa shape index (κ3) is 7.78. The molecule has 0 aliphatic carbocycles. The Morgan fingerprint density at radius 3 is 2.06 bits per heavy atom. The van der Waals surface area contributed by atoms with Crippen LogP contribution in [0.5, 0.6) is 5.75 Å². The van der Waals surface area contributed by atoms with E-state index < -0.39 is 23.8 Å². The number of benzene rings is 2. The second-order valence-corrected chi connectivity index (χ2v) is 8.60. The van der Waals surface area contributed by atoms with E-state index in [0.29, 0.717) is 12.8 Å². The van der Waals surface area contributed by atoms with Gasteiger partial charge >= 0.3 is 0 Å². The molecule has 0 aliphatic rings. The first-order valence-electron chi connectivity index (χ1n) is 10.3. The van der Waals surface area contributed by atoms with Gasteiger partial charge in [0, 0.05) is 12.8 Å². The van der Waals surface area contributed by atoms with Crippen LogP contribution >= 0.6 is 8.46 Å². The molecule has 8 heteroatoms. The Labute approximate surface area is 184 Å². The molecular weight excluding hydrogens is 413 g/mol. The van der Waals surface area contributed by atoms with Crippen LogP contribution in [0.15, 0.2) is 54.6 Å². The average molecular weight is 443 g/mol. The topological polar surface area (TPSA) is 108 Å². The molecule has 0 aliphatic heterocycles. The summed E-state index contributed by atoms with van der Waals surface area (Å²) < 4.78 is 11.7. The summed E-state index contributed by atoms with van der Waals surface area (Å²) in [5.41, 5.74) is 1.73. The third-order valence-corrected chi connectivity index (χ3v) is 5.54. The number of aromatic hydroxyl groups is 1. The molecule has 0 saturated heterocycles. The highest BCUT2D eigenvalue weighted by Gasteiger charge is 2.28. The van der Waals surface area contributed by atoms with Crippen LogP contribution in [0.25, 0.3) is 0 Å². The predicted molar refractivity (Wildman–Crippen MR) is 121 cm³/mol. The fourth-order valence-corrected chi connectivity index (χ4v) is 3.79. The van der Waals surface area contributed by atoms with E-state index in [0.717, 1.165) is 11.1 Å². The van der Waals surface area contributed by atoms with Crippen molar-refractivity contribution in [1.29, 1.82) is 0 Å². The first-order valence-corrected chi connectivity index (χ1v) is 11.1. The molecule has 3 atom stereocenters. The quantitative estimate of drug-likeness (QED) is 0.400. The molecule has 31 heavy (non-hydrogen) atoms. The molecule has 0 bridgehead atoms. The maximum Gasteiger partial charge on any atom is 0.243 e. The lowest BCUT2D eigenvalue weighted by Crippen LogP contribution is -2.55. The van der Waals surface area contributed by atoms with Crippen molar-refractivity contribution in [3.05, 3.63) is 65.7 Å². The number of rotatable bonds is 11. The van der Waals surface area contributed by atoms with E-state index in [-0.39, 0.29) is 26.0 Å². The van der Waals surface area contributed by atoms with Crippen LogP contribution in [0.2, 0.25) is 0 Å². The molecule has 166 valence electrons. The highest BCUT2D eigenvalue weighted by Crippen LogP contribution is 2.16. The lowest BCUT2D eigenvalue weighted by molar-refractivity contribution is -0.130. The van der Waals surface area contributed by atoms with Crippen LogP contribution in [0.3, 0.4) is 0 Å². The van der Waals surface area contributed by atoms with Gasteiger partial charge in [-0.1, -0.05) is 56.3 Å². The Balaban J connectivity index is 2.14. The van der Waals surface area contributed by atoms with E-state index in [2.05, 4.69) is 16.0 Å². The van der Waals surface area contributed by atoms with Crippen LogP contribution in [-0.4, -0.2) is 41.8 Å². The number of nitrogens with one attached hydrogen (secondary N) is 3. The van der Waals surface area contributed by atoms with Gasteiger partial charge in [-0.2, -0.15) is 0 Å². The molecule has 0 aromatic heterocycles. The molecule has 0 saturated carbocycles. The minimum absolute atomic E-state index is 0.0489. The number of phenolic OH excluding ortho intramolecular Hbond substituents is 1. The van der Waals surface area contributed by atoms with E-state index in [1.807, 2.05) is 44.2 Å². The number of likely N-dealkylation sites (N-methyl/N-ethyl adjacent to an activating group) is 1. The largest absolute Gasteiger partial charge is 0.508 e. The summed E-state index contributed by atoms with van der Waals surface area (Å²) in [7, 11) is 1.47. The van der Waals surface area contributed by atoms with Crippen molar-refractivity contribution in [1.82, 2.24) is 16.0 Å². The Kier molecular flexibility index (Phi) is 9.63. The standard InChI is InChI=1S/C23H30N3O4P/c1-15(2)21(24-3)23(29)25-19(13-16-7-5-4-6-8-16)22(28)26-20(31-30)14-17-9-11-18(27)12-10-17/h4-12,15,19-21,24,27H,13-14H2,1-3H3,(H,25,29)(H,26,28). The van der Waals surface area contributed by atoms with E-state index in [4.69, 9.17) is 0 Å². The Morgan fingerprint density at radius 1 is 0.903 bits per heavy atom. The number of hydrogen-bond donors (Lipinski definition) is 4. The van der Waals surface area contributed by atoms with Gasteiger partial charge in [-0.25, -0.2) is 0 Å². The minimum atomic E-state index is -0.812.